The highest BCUT2D eigenvalue weighted by Gasteiger charge is 2.26. The molecule has 0 aromatic carbocycles. The Hall–Kier alpha value is 0.310. The molecule has 1 unspecified atom stereocenters. The largest absolute Gasteiger partial charge is 0.317 e. The van der Waals surface area contributed by atoms with Gasteiger partial charge in [-0.2, -0.15) is 11.8 Å². The highest BCUT2D eigenvalue weighted by molar-refractivity contribution is 8.00. The van der Waals surface area contributed by atoms with Gasteiger partial charge in [0, 0.05) is 5.25 Å². The molecule has 64 valence electrons. The van der Waals surface area contributed by atoms with Gasteiger partial charge in [-0.1, -0.05) is 0 Å². The molecule has 0 aromatic rings. The summed E-state index contributed by atoms with van der Waals surface area (Å²) in [5.41, 5.74) is 0. The van der Waals surface area contributed by atoms with Crippen LogP contribution in [0, 0.1) is 5.92 Å². The third-order valence-corrected chi connectivity index (χ3v) is 4.45. The molecule has 2 rings (SSSR count). The van der Waals surface area contributed by atoms with Crippen molar-refractivity contribution in [1.82, 2.24) is 5.32 Å². The molecule has 2 heteroatoms. The fourth-order valence-electron chi connectivity index (χ4n) is 2.19. The van der Waals surface area contributed by atoms with E-state index in [-0.39, 0.29) is 0 Å². The molecule has 2 fully saturated rings. The first-order valence-corrected chi connectivity index (χ1v) is 5.84. The Kier molecular flexibility index (Phi) is 2.75. The SMILES string of the molecule is C1CSC(C2CCNCC2)C1. The van der Waals surface area contributed by atoms with Crippen molar-refractivity contribution in [2.24, 2.45) is 5.92 Å². The van der Waals surface area contributed by atoms with Crippen LogP contribution in [-0.4, -0.2) is 24.1 Å². The van der Waals surface area contributed by atoms with Crippen LogP contribution in [0.25, 0.3) is 0 Å². The molecule has 1 N–H and O–H groups in total. The van der Waals surface area contributed by atoms with E-state index in [1.54, 1.807) is 0 Å². The van der Waals surface area contributed by atoms with Gasteiger partial charge >= 0.3 is 0 Å². The van der Waals surface area contributed by atoms with Crippen LogP contribution in [0.5, 0.6) is 0 Å². The van der Waals surface area contributed by atoms with Gasteiger partial charge in [-0.05, 0) is 50.4 Å². The molecule has 11 heavy (non-hydrogen) atoms. The summed E-state index contributed by atoms with van der Waals surface area (Å²) in [5, 5.41) is 4.45. The number of nitrogens with one attached hydrogen (secondary N) is 1. The highest BCUT2D eigenvalue weighted by atomic mass is 32.2. The third-order valence-electron chi connectivity index (χ3n) is 2.87. The van der Waals surface area contributed by atoms with E-state index in [4.69, 9.17) is 0 Å². The fraction of sp³-hybridized carbons (Fsp3) is 1.00. The second kappa shape index (κ2) is 3.81. The zero-order chi connectivity index (χ0) is 7.52. The second-order valence-electron chi connectivity index (χ2n) is 3.64. The number of hydrogen-bond acceptors (Lipinski definition) is 2. The van der Waals surface area contributed by atoms with Gasteiger partial charge in [0.1, 0.15) is 0 Å². The Balaban J connectivity index is 1.82. The van der Waals surface area contributed by atoms with Gasteiger partial charge in [0.2, 0.25) is 0 Å². The molecule has 0 saturated carbocycles. The predicted molar refractivity (Wildman–Crippen MR) is 51.1 cm³/mol. The van der Waals surface area contributed by atoms with E-state index in [1.165, 1.54) is 44.5 Å². The van der Waals surface area contributed by atoms with Crippen molar-refractivity contribution in [3.8, 4) is 0 Å². The summed E-state index contributed by atoms with van der Waals surface area (Å²) in [6.45, 7) is 2.53. The van der Waals surface area contributed by atoms with Crippen LogP contribution >= 0.6 is 11.8 Å². The van der Waals surface area contributed by atoms with E-state index < -0.39 is 0 Å². The van der Waals surface area contributed by atoms with E-state index in [2.05, 4.69) is 17.1 Å². The molecule has 2 aliphatic rings. The molecule has 2 saturated heterocycles. The number of piperidine rings is 1. The van der Waals surface area contributed by atoms with Crippen LogP contribution in [0.15, 0.2) is 0 Å². The summed E-state index contributed by atoms with van der Waals surface area (Å²) in [6.07, 6.45) is 5.82. The van der Waals surface area contributed by atoms with Crippen LogP contribution in [-0.2, 0) is 0 Å². The fourth-order valence-corrected chi connectivity index (χ4v) is 3.70. The van der Waals surface area contributed by atoms with Gasteiger partial charge in [-0.3, -0.25) is 0 Å². The summed E-state index contributed by atoms with van der Waals surface area (Å²) >= 11 is 2.22. The smallest absolute Gasteiger partial charge is 0.00765 e. The summed E-state index contributed by atoms with van der Waals surface area (Å²) < 4.78 is 0. The van der Waals surface area contributed by atoms with Crippen LogP contribution in [0.1, 0.15) is 25.7 Å². The van der Waals surface area contributed by atoms with Crippen LogP contribution in [0.4, 0.5) is 0 Å². The zero-order valence-corrected chi connectivity index (χ0v) is 7.83. The normalized spacial score (nSPS) is 34.4. The van der Waals surface area contributed by atoms with E-state index in [9.17, 15) is 0 Å². The minimum atomic E-state index is 1.03. The van der Waals surface area contributed by atoms with E-state index in [0.29, 0.717) is 0 Å². The van der Waals surface area contributed by atoms with E-state index in [0.717, 1.165) is 11.2 Å². The Labute approximate surface area is 73.3 Å². The lowest BCUT2D eigenvalue weighted by Crippen LogP contribution is -2.31. The molecular weight excluding hydrogens is 154 g/mol. The van der Waals surface area contributed by atoms with Crippen molar-refractivity contribution in [2.45, 2.75) is 30.9 Å². The number of hydrogen-bond donors (Lipinski definition) is 1. The van der Waals surface area contributed by atoms with Gasteiger partial charge in [-0.25, -0.2) is 0 Å². The van der Waals surface area contributed by atoms with E-state index >= 15 is 0 Å². The topological polar surface area (TPSA) is 12.0 Å². The standard InChI is InChI=1S/C9H17NS/c1-2-9(11-7-1)8-3-5-10-6-4-8/h8-10H,1-7H2. The third kappa shape index (κ3) is 1.91. The van der Waals surface area contributed by atoms with Gasteiger partial charge in [-0.15, -0.1) is 0 Å². The Morgan fingerprint density at radius 2 is 1.91 bits per heavy atom. The Morgan fingerprint density at radius 3 is 2.55 bits per heavy atom. The number of rotatable bonds is 1. The first-order chi connectivity index (χ1) is 5.47. The lowest BCUT2D eigenvalue weighted by Gasteiger charge is -2.27. The zero-order valence-electron chi connectivity index (χ0n) is 7.01. The van der Waals surface area contributed by atoms with Crippen molar-refractivity contribution < 1.29 is 0 Å². The monoisotopic (exact) mass is 171 g/mol. The van der Waals surface area contributed by atoms with Crippen molar-refractivity contribution in [3.05, 3.63) is 0 Å². The molecule has 0 aliphatic carbocycles. The van der Waals surface area contributed by atoms with E-state index in [1.807, 2.05) is 0 Å². The average molecular weight is 171 g/mol. The van der Waals surface area contributed by atoms with Crippen molar-refractivity contribution >= 4 is 11.8 Å². The van der Waals surface area contributed by atoms with Gasteiger partial charge in [0.05, 0.1) is 0 Å². The maximum absolute atomic E-state index is 3.43. The summed E-state index contributed by atoms with van der Waals surface area (Å²) in [5.74, 6) is 2.47. The first kappa shape index (κ1) is 7.93. The summed E-state index contributed by atoms with van der Waals surface area (Å²) in [7, 11) is 0. The first-order valence-electron chi connectivity index (χ1n) is 4.79. The highest BCUT2D eigenvalue weighted by Crippen LogP contribution is 2.35. The Bertz CT molecular complexity index is 115. The maximum Gasteiger partial charge on any atom is 0.00765 e. The molecule has 1 atom stereocenters. The van der Waals surface area contributed by atoms with Crippen molar-refractivity contribution in [1.29, 1.82) is 0 Å². The Morgan fingerprint density at radius 1 is 1.09 bits per heavy atom. The predicted octanol–water partition coefficient (Wildman–Crippen LogP) is 1.88. The lowest BCUT2D eigenvalue weighted by atomic mass is 9.92. The van der Waals surface area contributed by atoms with Crippen LogP contribution < -0.4 is 5.32 Å². The van der Waals surface area contributed by atoms with Gasteiger partial charge in [0.15, 0.2) is 0 Å². The average Bonchev–Trinajstić information content (AvgIpc) is 2.58. The van der Waals surface area contributed by atoms with Crippen molar-refractivity contribution in [3.63, 3.8) is 0 Å². The molecule has 2 aliphatic heterocycles. The number of thioether (sulfide) groups is 1. The lowest BCUT2D eigenvalue weighted by molar-refractivity contribution is 0.360. The molecule has 0 aromatic heterocycles. The molecule has 0 radical (unpaired) electrons. The summed E-state index contributed by atoms with van der Waals surface area (Å²) in [4.78, 5) is 0. The quantitative estimate of drug-likeness (QED) is 0.646. The van der Waals surface area contributed by atoms with Crippen molar-refractivity contribution in [2.75, 3.05) is 18.8 Å². The second-order valence-corrected chi connectivity index (χ2v) is 4.99. The van der Waals surface area contributed by atoms with Gasteiger partial charge in [0.25, 0.3) is 0 Å². The molecule has 0 bridgehead atoms. The molecule has 0 amide bonds. The maximum atomic E-state index is 3.43. The molecular formula is C9H17NS. The minimum absolute atomic E-state index is 1.03. The molecule has 0 spiro atoms. The van der Waals surface area contributed by atoms with Gasteiger partial charge < -0.3 is 5.32 Å². The summed E-state index contributed by atoms with van der Waals surface area (Å²) in [6, 6.07) is 0. The molecule has 2 heterocycles. The molecule has 1 nitrogen and oxygen atoms in total. The minimum Gasteiger partial charge on any atom is -0.317 e. The van der Waals surface area contributed by atoms with Crippen LogP contribution in [0.2, 0.25) is 0 Å². The van der Waals surface area contributed by atoms with Crippen LogP contribution in [0.3, 0.4) is 0 Å².